The third-order valence-electron chi connectivity index (χ3n) is 5.30. The van der Waals surface area contributed by atoms with Gasteiger partial charge in [0.2, 0.25) is 10.0 Å². The van der Waals surface area contributed by atoms with E-state index in [1.165, 1.54) is 23.1 Å². The SMILES string of the molecule is COc1cc(-c2cn(C)c(=O)c3cnccc23)cc(OC)c1CN(C)S(=O)(=O)CC(C)C. The van der Waals surface area contributed by atoms with E-state index in [0.29, 0.717) is 22.4 Å². The van der Waals surface area contributed by atoms with Crippen molar-refractivity contribution in [3.05, 3.63) is 52.7 Å². The zero-order valence-electron chi connectivity index (χ0n) is 19.2. The van der Waals surface area contributed by atoms with Gasteiger partial charge in [0.25, 0.3) is 5.56 Å². The van der Waals surface area contributed by atoms with Crippen LogP contribution >= 0.6 is 0 Å². The molecule has 3 rings (SSSR count). The topological polar surface area (TPSA) is 90.7 Å². The highest BCUT2D eigenvalue weighted by Gasteiger charge is 2.24. The summed E-state index contributed by atoms with van der Waals surface area (Å²) in [5, 5.41) is 1.27. The molecular weight excluding hydrogens is 430 g/mol. The molecule has 2 aromatic heterocycles. The number of benzene rings is 1. The molecule has 0 aliphatic carbocycles. The van der Waals surface area contributed by atoms with Crippen molar-refractivity contribution in [1.82, 2.24) is 13.9 Å². The highest BCUT2D eigenvalue weighted by atomic mass is 32.2. The van der Waals surface area contributed by atoms with Crippen molar-refractivity contribution < 1.29 is 17.9 Å². The summed E-state index contributed by atoms with van der Waals surface area (Å²) in [5.74, 6) is 1.08. The van der Waals surface area contributed by atoms with Gasteiger partial charge in [-0.1, -0.05) is 13.8 Å². The number of sulfonamides is 1. The molecule has 0 amide bonds. The van der Waals surface area contributed by atoms with E-state index in [2.05, 4.69) is 4.98 Å². The minimum Gasteiger partial charge on any atom is -0.496 e. The minimum absolute atomic E-state index is 0.0149. The number of hydrogen-bond donors (Lipinski definition) is 0. The normalized spacial score (nSPS) is 12.0. The number of ether oxygens (including phenoxy) is 2. The lowest BCUT2D eigenvalue weighted by Crippen LogP contribution is -2.30. The van der Waals surface area contributed by atoms with Gasteiger partial charge in [0, 0.05) is 44.8 Å². The summed E-state index contributed by atoms with van der Waals surface area (Å²) in [4.78, 5) is 16.6. The van der Waals surface area contributed by atoms with Crippen LogP contribution in [0.3, 0.4) is 0 Å². The van der Waals surface area contributed by atoms with E-state index in [0.717, 1.165) is 16.5 Å². The van der Waals surface area contributed by atoms with E-state index in [1.54, 1.807) is 38.8 Å². The number of aromatic nitrogens is 2. The van der Waals surface area contributed by atoms with Crippen molar-refractivity contribution in [2.75, 3.05) is 27.0 Å². The highest BCUT2D eigenvalue weighted by Crippen LogP contribution is 2.38. The van der Waals surface area contributed by atoms with Gasteiger partial charge in [0.05, 0.1) is 30.9 Å². The summed E-state index contributed by atoms with van der Waals surface area (Å²) in [5.41, 5.74) is 2.09. The predicted octanol–water partition coefficient (Wildman–Crippen LogP) is 3.04. The van der Waals surface area contributed by atoms with Gasteiger partial charge in [0.15, 0.2) is 0 Å². The first-order valence-electron chi connectivity index (χ1n) is 10.2. The Balaban J connectivity index is 2.15. The first-order chi connectivity index (χ1) is 15.1. The largest absolute Gasteiger partial charge is 0.496 e. The Bertz CT molecular complexity index is 1270. The van der Waals surface area contributed by atoms with Crippen LogP contribution in [0, 0.1) is 5.92 Å². The molecule has 0 aliphatic heterocycles. The summed E-state index contributed by atoms with van der Waals surface area (Å²) < 4.78 is 39.4. The maximum absolute atomic E-state index is 12.7. The van der Waals surface area contributed by atoms with Crippen molar-refractivity contribution in [2.45, 2.75) is 20.4 Å². The number of fused-ring (bicyclic) bond motifs is 1. The van der Waals surface area contributed by atoms with Gasteiger partial charge in [-0.15, -0.1) is 0 Å². The van der Waals surface area contributed by atoms with E-state index >= 15 is 0 Å². The molecule has 0 unspecified atom stereocenters. The molecule has 172 valence electrons. The summed E-state index contributed by atoms with van der Waals surface area (Å²) in [6.07, 6.45) is 4.96. The van der Waals surface area contributed by atoms with Crippen LogP contribution in [0.15, 0.2) is 41.6 Å². The van der Waals surface area contributed by atoms with Crippen molar-refractivity contribution in [3.63, 3.8) is 0 Å². The molecule has 0 N–H and O–H groups in total. The Kier molecular flexibility index (Phi) is 6.90. The van der Waals surface area contributed by atoms with E-state index in [9.17, 15) is 13.2 Å². The average Bonchev–Trinajstić information content (AvgIpc) is 2.75. The Labute approximate surface area is 188 Å². The molecule has 9 heteroatoms. The van der Waals surface area contributed by atoms with E-state index in [-0.39, 0.29) is 23.8 Å². The maximum atomic E-state index is 12.7. The molecule has 0 saturated carbocycles. The maximum Gasteiger partial charge on any atom is 0.259 e. The third-order valence-corrected chi connectivity index (χ3v) is 7.47. The Morgan fingerprint density at radius 3 is 2.31 bits per heavy atom. The quantitative estimate of drug-likeness (QED) is 0.514. The Morgan fingerprint density at radius 2 is 1.75 bits per heavy atom. The fourth-order valence-corrected chi connectivity index (χ4v) is 5.13. The molecule has 1 aromatic carbocycles. The van der Waals surface area contributed by atoms with Crippen LogP contribution in [0.5, 0.6) is 11.5 Å². The second kappa shape index (κ2) is 9.30. The van der Waals surface area contributed by atoms with Crippen LogP contribution < -0.4 is 15.0 Å². The number of methoxy groups -OCH3 is 2. The average molecular weight is 460 g/mol. The van der Waals surface area contributed by atoms with Crippen molar-refractivity contribution in [2.24, 2.45) is 13.0 Å². The highest BCUT2D eigenvalue weighted by molar-refractivity contribution is 7.89. The molecule has 2 heterocycles. The van der Waals surface area contributed by atoms with E-state index < -0.39 is 10.0 Å². The lowest BCUT2D eigenvalue weighted by atomic mass is 9.99. The van der Waals surface area contributed by atoms with Crippen LogP contribution in [-0.4, -0.2) is 49.3 Å². The monoisotopic (exact) mass is 459 g/mol. The molecule has 0 spiro atoms. The van der Waals surface area contributed by atoms with Crippen LogP contribution in [0.2, 0.25) is 0 Å². The van der Waals surface area contributed by atoms with E-state index in [4.69, 9.17) is 9.47 Å². The van der Waals surface area contributed by atoms with E-state index in [1.807, 2.05) is 26.0 Å². The number of nitrogens with zero attached hydrogens (tertiary/aromatic N) is 3. The van der Waals surface area contributed by atoms with Crippen LogP contribution in [0.1, 0.15) is 19.4 Å². The zero-order chi connectivity index (χ0) is 23.6. The second-order valence-electron chi connectivity index (χ2n) is 8.17. The lowest BCUT2D eigenvalue weighted by Gasteiger charge is -2.22. The molecule has 3 aromatic rings. The summed E-state index contributed by atoms with van der Waals surface area (Å²) in [6.45, 7) is 3.85. The molecular formula is C23H29N3O5S. The molecule has 0 atom stereocenters. The van der Waals surface area contributed by atoms with Gasteiger partial charge >= 0.3 is 0 Å². The molecule has 0 bridgehead atoms. The summed E-state index contributed by atoms with van der Waals surface area (Å²) >= 11 is 0. The van der Waals surface area contributed by atoms with Crippen molar-refractivity contribution in [3.8, 4) is 22.6 Å². The van der Waals surface area contributed by atoms with Gasteiger partial charge in [0.1, 0.15) is 11.5 Å². The molecule has 0 fully saturated rings. The number of hydrogen-bond acceptors (Lipinski definition) is 6. The number of aryl methyl sites for hydroxylation is 1. The molecule has 0 radical (unpaired) electrons. The minimum atomic E-state index is -3.43. The van der Waals surface area contributed by atoms with Crippen LogP contribution in [0.4, 0.5) is 0 Å². The summed E-state index contributed by atoms with van der Waals surface area (Å²) in [6, 6.07) is 5.46. The van der Waals surface area contributed by atoms with Gasteiger partial charge in [-0.25, -0.2) is 12.7 Å². The van der Waals surface area contributed by atoms with Gasteiger partial charge in [-0.05, 0) is 35.1 Å². The smallest absolute Gasteiger partial charge is 0.259 e. The Hall–Kier alpha value is -2.91. The number of pyridine rings is 2. The molecule has 32 heavy (non-hydrogen) atoms. The Morgan fingerprint density at radius 1 is 1.12 bits per heavy atom. The predicted molar refractivity (Wildman–Crippen MR) is 126 cm³/mol. The molecule has 8 nitrogen and oxygen atoms in total. The fourth-order valence-electron chi connectivity index (χ4n) is 3.71. The zero-order valence-corrected chi connectivity index (χ0v) is 20.1. The lowest BCUT2D eigenvalue weighted by molar-refractivity contribution is 0.371. The van der Waals surface area contributed by atoms with Crippen molar-refractivity contribution in [1.29, 1.82) is 0 Å². The third kappa shape index (κ3) is 4.63. The first kappa shape index (κ1) is 23.7. The van der Waals surface area contributed by atoms with Crippen LogP contribution in [-0.2, 0) is 23.6 Å². The van der Waals surface area contributed by atoms with Gasteiger partial charge < -0.3 is 14.0 Å². The van der Waals surface area contributed by atoms with Gasteiger partial charge in [-0.2, -0.15) is 0 Å². The molecule has 0 aliphatic rings. The summed E-state index contributed by atoms with van der Waals surface area (Å²) in [7, 11) is 2.88. The second-order valence-corrected chi connectivity index (χ2v) is 10.3. The van der Waals surface area contributed by atoms with Gasteiger partial charge in [-0.3, -0.25) is 9.78 Å². The number of rotatable bonds is 8. The first-order valence-corrected chi connectivity index (χ1v) is 11.8. The standard InChI is InChI=1S/C23H29N3O5S/c1-15(2)14-32(28,29)26(4)13-20-21(30-5)9-16(10-22(20)31-6)19-12-25(3)23(27)18-11-24-8-7-17(18)19/h7-12,15H,13-14H2,1-6H3. The van der Waals surface area contributed by atoms with Crippen molar-refractivity contribution >= 4 is 20.8 Å². The fraction of sp³-hybridized carbons (Fsp3) is 0.391. The van der Waals surface area contributed by atoms with Crippen LogP contribution in [0.25, 0.3) is 21.9 Å². The molecule has 0 saturated heterocycles.